The van der Waals surface area contributed by atoms with Crippen molar-refractivity contribution in [3.63, 3.8) is 0 Å². The molecular formula is C18H26N6O. The van der Waals surface area contributed by atoms with Gasteiger partial charge in [-0.2, -0.15) is 4.98 Å². The first-order valence-corrected chi connectivity index (χ1v) is 8.77. The predicted molar refractivity (Wildman–Crippen MR) is 98.7 cm³/mol. The molecule has 134 valence electrons. The van der Waals surface area contributed by atoms with E-state index < -0.39 is 0 Å². The molecule has 1 aromatic carbocycles. The maximum absolute atomic E-state index is 5.11. The third-order valence-electron chi connectivity index (χ3n) is 4.39. The van der Waals surface area contributed by atoms with Gasteiger partial charge in [-0.1, -0.05) is 17.3 Å². The van der Waals surface area contributed by atoms with Gasteiger partial charge in [0.2, 0.25) is 5.89 Å². The van der Waals surface area contributed by atoms with Crippen LogP contribution in [-0.2, 0) is 6.54 Å². The van der Waals surface area contributed by atoms with Crippen LogP contribution in [-0.4, -0.2) is 36.2 Å². The van der Waals surface area contributed by atoms with Crippen LogP contribution in [0.25, 0.3) is 0 Å². The summed E-state index contributed by atoms with van der Waals surface area (Å²) in [6.07, 6.45) is 2.56. The number of rotatable bonds is 5. The van der Waals surface area contributed by atoms with Gasteiger partial charge in [0.05, 0.1) is 12.6 Å². The standard InChI is InChI=1S/C18H26N6O/c1-13(15-7-6-8-16(11-15)24-9-4-5-10-24)21-18(19-3)20-12-17-22-14(2)23-25-17/h6-8,11,13H,4-5,9-10,12H2,1-3H3,(H2,19,20,21). The van der Waals surface area contributed by atoms with Gasteiger partial charge < -0.3 is 20.1 Å². The van der Waals surface area contributed by atoms with Crippen molar-refractivity contribution in [2.45, 2.75) is 39.3 Å². The Morgan fingerprint density at radius 1 is 1.36 bits per heavy atom. The SMILES string of the molecule is CN=C(NCc1nc(C)no1)NC(C)c1cccc(N2CCCC2)c1. The van der Waals surface area contributed by atoms with Crippen LogP contribution in [0.1, 0.15) is 43.1 Å². The van der Waals surface area contributed by atoms with Crippen LogP contribution in [0.15, 0.2) is 33.8 Å². The number of anilines is 1. The molecule has 7 nitrogen and oxygen atoms in total. The second kappa shape index (κ2) is 8.00. The van der Waals surface area contributed by atoms with Gasteiger partial charge in [-0.25, -0.2) is 0 Å². The Bertz CT molecular complexity index is 720. The van der Waals surface area contributed by atoms with Gasteiger partial charge in [-0.15, -0.1) is 0 Å². The Kier molecular flexibility index (Phi) is 5.53. The summed E-state index contributed by atoms with van der Waals surface area (Å²) in [7, 11) is 1.75. The molecule has 0 bridgehead atoms. The van der Waals surface area contributed by atoms with Crippen molar-refractivity contribution in [3.8, 4) is 0 Å². The molecule has 0 spiro atoms. The summed E-state index contributed by atoms with van der Waals surface area (Å²) in [5.41, 5.74) is 2.54. The van der Waals surface area contributed by atoms with Crippen LogP contribution >= 0.6 is 0 Å². The highest BCUT2D eigenvalue weighted by Crippen LogP contribution is 2.23. The van der Waals surface area contributed by atoms with Crippen LogP contribution in [0, 0.1) is 6.92 Å². The van der Waals surface area contributed by atoms with Crippen molar-refractivity contribution in [3.05, 3.63) is 41.5 Å². The van der Waals surface area contributed by atoms with Gasteiger partial charge in [0, 0.05) is 25.8 Å². The number of aromatic nitrogens is 2. The number of hydrogen-bond acceptors (Lipinski definition) is 5. The van der Waals surface area contributed by atoms with Crippen molar-refractivity contribution in [2.75, 3.05) is 25.0 Å². The second-order valence-corrected chi connectivity index (χ2v) is 6.32. The molecule has 0 aliphatic carbocycles. The summed E-state index contributed by atoms with van der Waals surface area (Å²) in [4.78, 5) is 10.9. The molecule has 1 unspecified atom stereocenters. The summed E-state index contributed by atoms with van der Waals surface area (Å²) in [5.74, 6) is 1.88. The zero-order valence-electron chi connectivity index (χ0n) is 15.1. The van der Waals surface area contributed by atoms with Crippen molar-refractivity contribution < 1.29 is 4.52 Å². The molecule has 0 amide bonds. The average Bonchev–Trinajstić information content (AvgIpc) is 3.30. The van der Waals surface area contributed by atoms with E-state index in [2.05, 4.69) is 61.9 Å². The van der Waals surface area contributed by atoms with Crippen LogP contribution < -0.4 is 15.5 Å². The fourth-order valence-electron chi connectivity index (χ4n) is 3.02. The van der Waals surface area contributed by atoms with E-state index in [1.807, 2.05) is 0 Å². The van der Waals surface area contributed by atoms with Gasteiger partial charge in [0.15, 0.2) is 11.8 Å². The fraction of sp³-hybridized carbons (Fsp3) is 0.500. The molecule has 0 radical (unpaired) electrons. The minimum absolute atomic E-state index is 0.137. The number of hydrogen-bond donors (Lipinski definition) is 2. The van der Waals surface area contributed by atoms with Crippen molar-refractivity contribution in [2.24, 2.45) is 4.99 Å². The third kappa shape index (κ3) is 4.49. The topological polar surface area (TPSA) is 78.6 Å². The van der Waals surface area contributed by atoms with Crippen LogP contribution in [0.4, 0.5) is 5.69 Å². The first-order valence-electron chi connectivity index (χ1n) is 8.77. The quantitative estimate of drug-likeness (QED) is 0.642. The lowest BCUT2D eigenvalue weighted by Gasteiger charge is -2.21. The molecule has 2 heterocycles. The second-order valence-electron chi connectivity index (χ2n) is 6.32. The number of guanidine groups is 1. The Balaban J connectivity index is 1.59. The zero-order chi connectivity index (χ0) is 17.6. The van der Waals surface area contributed by atoms with Crippen LogP contribution in [0.3, 0.4) is 0 Å². The third-order valence-corrected chi connectivity index (χ3v) is 4.39. The summed E-state index contributed by atoms with van der Waals surface area (Å²) >= 11 is 0. The van der Waals surface area contributed by atoms with Gasteiger partial charge in [-0.05, 0) is 44.4 Å². The van der Waals surface area contributed by atoms with E-state index in [1.54, 1.807) is 14.0 Å². The summed E-state index contributed by atoms with van der Waals surface area (Å²) in [5, 5.41) is 10.4. The Hall–Kier alpha value is -2.57. The number of aryl methyl sites for hydroxylation is 1. The lowest BCUT2D eigenvalue weighted by atomic mass is 10.1. The largest absolute Gasteiger partial charge is 0.372 e. The predicted octanol–water partition coefficient (Wildman–Crippen LogP) is 2.40. The molecule has 3 rings (SSSR count). The Morgan fingerprint density at radius 2 is 2.16 bits per heavy atom. The zero-order valence-corrected chi connectivity index (χ0v) is 15.1. The van der Waals surface area contributed by atoms with Crippen molar-refractivity contribution >= 4 is 11.6 Å². The average molecular weight is 342 g/mol. The van der Waals surface area contributed by atoms with Crippen molar-refractivity contribution in [1.82, 2.24) is 20.8 Å². The molecule has 2 N–H and O–H groups in total. The van der Waals surface area contributed by atoms with Gasteiger partial charge >= 0.3 is 0 Å². The maximum atomic E-state index is 5.11. The van der Waals surface area contributed by atoms with E-state index in [1.165, 1.54) is 24.1 Å². The highest BCUT2D eigenvalue weighted by atomic mass is 16.5. The van der Waals surface area contributed by atoms with E-state index >= 15 is 0 Å². The number of benzene rings is 1. The molecule has 7 heteroatoms. The van der Waals surface area contributed by atoms with Crippen molar-refractivity contribution in [1.29, 1.82) is 0 Å². The monoisotopic (exact) mass is 342 g/mol. The molecule has 1 fully saturated rings. The molecule has 1 atom stereocenters. The molecule has 1 aromatic heterocycles. The highest BCUT2D eigenvalue weighted by molar-refractivity contribution is 5.80. The van der Waals surface area contributed by atoms with E-state index in [4.69, 9.17) is 4.52 Å². The van der Waals surface area contributed by atoms with E-state index in [9.17, 15) is 0 Å². The highest BCUT2D eigenvalue weighted by Gasteiger charge is 2.14. The fourth-order valence-corrected chi connectivity index (χ4v) is 3.02. The smallest absolute Gasteiger partial charge is 0.246 e. The molecule has 1 aliphatic heterocycles. The Morgan fingerprint density at radius 3 is 2.84 bits per heavy atom. The summed E-state index contributed by atoms with van der Waals surface area (Å²) < 4.78 is 5.11. The molecular weight excluding hydrogens is 316 g/mol. The van der Waals surface area contributed by atoms with E-state index in [0.29, 0.717) is 24.2 Å². The van der Waals surface area contributed by atoms with E-state index in [-0.39, 0.29) is 6.04 Å². The molecule has 0 saturated carbocycles. The molecule has 1 aliphatic rings. The first-order chi connectivity index (χ1) is 12.2. The summed E-state index contributed by atoms with van der Waals surface area (Å²) in [6, 6.07) is 8.85. The molecule has 25 heavy (non-hydrogen) atoms. The van der Waals surface area contributed by atoms with E-state index in [0.717, 1.165) is 13.1 Å². The first kappa shape index (κ1) is 17.3. The van der Waals surface area contributed by atoms with Crippen LogP contribution in [0.2, 0.25) is 0 Å². The van der Waals surface area contributed by atoms with Crippen LogP contribution in [0.5, 0.6) is 0 Å². The maximum Gasteiger partial charge on any atom is 0.246 e. The normalized spacial score (nSPS) is 16.1. The number of nitrogens with one attached hydrogen (secondary N) is 2. The lowest BCUT2D eigenvalue weighted by molar-refractivity contribution is 0.371. The van der Waals surface area contributed by atoms with Gasteiger partial charge in [-0.3, -0.25) is 4.99 Å². The molecule has 2 aromatic rings. The van der Waals surface area contributed by atoms with Gasteiger partial charge in [0.1, 0.15) is 0 Å². The number of aliphatic imine (C=N–C) groups is 1. The van der Waals surface area contributed by atoms with Gasteiger partial charge in [0.25, 0.3) is 0 Å². The Labute approximate surface area is 148 Å². The lowest BCUT2D eigenvalue weighted by Crippen LogP contribution is -2.38. The number of nitrogens with zero attached hydrogens (tertiary/aromatic N) is 4. The molecule has 1 saturated heterocycles. The minimum atomic E-state index is 0.137. The minimum Gasteiger partial charge on any atom is -0.372 e. The summed E-state index contributed by atoms with van der Waals surface area (Å²) in [6.45, 7) is 6.68.